The largest absolute Gasteiger partial charge is 0.376 e. The van der Waals surface area contributed by atoms with Crippen molar-refractivity contribution in [1.29, 1.82) is 0 Å². The molecule has 3 heterocycles. The van der Waals surface area contributed by atoms with Crippen molar-refractivity contribution in [2.24, 2.45) is 0 Å². The van der Waals surface area contributed by atoms with Crippen LogP contribution < -0.4 is 5.32 Å². The highest BCUT2D eigenvalue weighted by Gasteiger charge is 2.37. The van der Waals surface area contributed by atoms with Gasteiger partial charge >= 0.3 is 0 Å². The smallest absolute Gasteiger partial charge is 0.242 e. The Morgan fingerprint density at radius 2 is 2.22 bits per heavy atom. The van der Waals surface area contributed by atoms with E-state index in [4.69, 9.17) is 4.74 Å². The van der Waals surface area contributed by atoms with E-state index in [0.29, 0.717) is 19.6 Å². The molecular weight excluding hydrogens is 234 g/mol. The van der Waals surface area contributed by atoms with Gasteiger partial charge in [0.05, 0.1) is 18.7 Å². The SMILES string of the molecule is O=C1CN2C(=O)CNCC2CN1CC1CCCO1. The van der Waals surface area contributed by atoms with Gasteiger partial charge in [-0.05, 0) is 12.8 Å². The lowest BCUT2D eigenvalue weighted by molar-refractivity contribution is -0.151. The Kier molecular flexibility index (Phi) is 3.22. The van der Waals surface area contributed by atoms with Crippen molar-refractivity contribution >= 4 is 11.8 Å². The maximum absolute atomic E-state index is 12.0. The van der Waals surface area contributed by atoms with Gasteiger partial charge in [-0.15, -0.1) is 0 Å². The summed E-state index contributed by atoms with van der Waals surface area (Å²) < 4.78 is 5.57. The van der Waals surface area contributed by atoms with Crippen LogP contribution in [0.2, 0.25) is 0 Å². The van der Waals surface area contributed by atoms with Crippen LogP contribution in [0.25, 0.3) is 0 Å². The van der Waals surface area contributed by atoms with Crippen molar-refractivity contribution in [2.75, 3.05) is 39.3 Å². The van der Waals surface area contributed by atoms with E-state index >= 15 is 0 Å². The third kappa shape index (κ3) is 2.22. The summed E-state index contributed by atoms with van der Waals surface area (Å²) in [6.45, 7) is 3.49. The second kappa shape index (κ2) is 4.85. The highest BCUT2D eigenvalue weighted by atomic mass is 16.5. The quantitative estimate of drug-likeness (QED) is 0.672. The lowest BCUT2D eigenvalue weighted by Gasteiger charge is -2.44. The van der Waals surface area contributed by atoms with Gasteiger partial charge in [-0.25, -0.2) is 0 Å². The molecule has 6 nitrogen and oxygen atoms in total. The normalized spacial score (nSPS) is 32.9. The van der Waals surface area contributed by atoms with E-state index in [-0.39, 0.29) is 30.5 Å². The van der Waals surface area contributed by atoms with Gasteiger partial charge in [0, 0.05) is 26.2 Å². The van der Waals surface area contributed by atoms with Crippen LogP contribution in [0.15, 0.2) is 0 Å². The second-order valence-corrected chi connectivity index (χ2v) is 5.24. The average Bonchev–Trinajstić information content (AvgIpc) is 2.84. The van der Waals surface area contributed by atoms with Gasteiger partial charge in [0.25, 0.3) is 0 Å². The lowest BCUT2D eigenvalue weighted by atomic mass is 10.1. The summed E-state index contributed by atoms with van der Waals surface area (Å²) >= 11 is 0. The Morgan fingerprint density at radius 3 is 3.00 bits per heavy atom. The van der Waals surface area contributed by atoms with E-state index in [0.717, 1.165) is 26.0 Å². The monoisotopic (exact) mass is 253 g/mol. The summed E-state index contributed by atoms with van der Waals surface area (Å²) in [5, 5.41) is 3.10. The Morgan fingerprint density at radius 1 is 1.33 bits per heavy atom. The number of ether oxygens (including phenoxy) is 1. The molecule has 100 valence electrons. The Balaban J connectivity index is 1.63. The second-order valence-electron chi connectivity index (χ2n) is 5.24. The molecule has 1 N–H and O–H groups in total. The fourth-order valence-corrected chi connectivity index (χ4v) is 2.95. The van der Waals surface area contributed by atoms with Crippen LogP contribution in [0.3, 0.4) is 0 Å². The van der Waals surface area contributed by atoms with E-state index in [1.54, 1.807) is 4.90 Å². The maximum atomic E-state index is 12.0. The fourth-order valence-electron chi connectivity index (χ4n) is 2.95. The lowest BCUT2D eigenvalue weighted by Crippen LogP contribution is -2.65. The first-order chi connectivity index (χ1) is 8.74. The molecule has 0 aliphatic carbocycles. The van der Waals surface area contributed by atoms with Crippen LogP contribution in [0.1, 0.15) is 12.8 Å². The summed E-state index contributed by atoms with van der Waals surface area (Å²) in [4.78, 5) is 27.3. The van der Waals surface area contributed by atoms with Crippen LogP contribution in [0, 0.1) is 0 Å². The van der Waals surface area contributed by atoms with Crippen LogP contribution in [0.5, 0.6) is 0 Å². The van der Waals surface area contributed by atoms with E-state index in [9.17, 15) is 9.59 Å². The molecule has 3 saturated heterocycles. The van der Waals surface area contributed by atoms with Crippen LogP contribution in [-0.2, 0) is 14.3 Å². The van der Waals surface area contributed by atoms with Crippen molar-refractivity contribution in [1.82, 2.24) is 15.1 Å². The molecule has 3 aliphatic heterocycles. The molecule has 3 aliphatic rings. The van der Waals surface area contributed by atoms with Crippen molar-refractivity contribution < 1.29 is 14.3 Å². The predicted octanol–water partition coefficient (Wildman–Crippen LogP) is -1.19. The van der Waals surface area contributed by atoms with Crippen LogP contribution in [-0.4, -0.2) is 73.1 Å². The molecule has 0 aromatic heterocycles. The third-order valence-electron chi connectivity index (χ3n) is 3.95. The average molecular weight is 253 g/mol. The number of nitrogens with zero attached hydrogens (tertiary/aromatic N) is 2. The van der Waals surface area contributed by atoms with Crippen LogP contribution in [0.4, 0.5) is 0 Å². The van der Waals surface area contributed by atoms with Crippen molar-refractivity contribution in [2.45, 2.75) is 25.0 Å². The summed E-state index contributed by atoms with van der Waals surface area (Å²) in [6, 6.07) is 0.130. The highest BCUT2D eigenvalue weighted by molar-refractivity contribution is 5.87. The first kappa shape index (κ1) is 11.9. The van der Waals surface area contributed by atoms with Gasteiger partial charge < -0.3 is 19.9 Å². The molecule has 0 bridgehead atoms. The number of carbonyl (C=O) groups excluding carboxylic acids is 2. The standard InChI is InChI=1S/C12H19N3O3/c16-11-5-13-4-9-6-14(12(17)8-15(9)11)7-10-2-1-3-18-10/h9-10,13H,1-8H2. The number of fused-ring (bicyclic) bond motifs is 1. The zero-order valence-electron chi connectivity index (χ0n) is 10.4. The molecule has 2 amide bonds. The minimum absolute atomic E-state index is 0.0383. The topological polar surface area (TPSA) is 61.9 Å². The van der Waals surface area contributed by atoms with E-state index in [1.807, 2.05) is 4.90 Å². The minimum atomic E-state index is 0.0383. The summed E-state index contributed by atoms with van der Waals surface area (Å²) in [5.74, 6) is 0.0911. The van der Waals surface area contributed by atoms with Gasteiger partial charge in [0.2, 0.25) is 11.8 Å². The molecule has 2 atom stereocenters. The van der Waals surface area contributed by atoms with E-state index in [1.165, 1.54) is 0 Å². The summed E-state index contributed by atoms with van der Waals surface area (Å²) in [7, 11) is 0. The number of amides is 2. The molecule has 2 unspecified atom stereocenters. The van der Waals surface area contributed by atoms with Crippen molar-refractivity contribution in [3.8, 4) is 0 Å². The zero-order valence-corrected chi connectivity index (χ0v) is 10.4. The predicted molar refractivity (Wildman–Crippen MR) is 63.9 cm³/mol. The molecule has 3 fully saturated rings. The Bertz CT molecular complexity index is 354. The summed E-state index contributed by atoms with van der Waals surface area (Å²) in [5.41, 5.74) is 0. The van der Waals surface area contributed by atoms with Gasteiger partial charge in [0.1, 0.15) is 6.54 Å². The number of rotatable bonds is 2. The molecule has 0 saturated carbocycles. The number of carbonyl (C=O) groups is 2. The molecular formula is C12H19N3O3. The molecule has 0 radical (unpaired) electrons. The first-order valence-electron chi connectivity index (χ1n) is 6.63. The first-order valence-corrected chi connectivity index (χ1v) is 6.63. The highest BCUT2D eigenvalue weighted by Crippen LogP contribution is 2.18. The fraction of sp³-hybridized carbons (Fsp3) is 0.833. The summed E-state index contributed by atoms with van der Waals surface area (Å²) in [6.07, 6.45) is 2.31. The van der Waals surface area contributed by atoms with Crippen molar-refractivity contribution in [3.63, 3.8) is 0 Å². The van der Waals surface area contributed by atoms with Gasteiger partial charge in [-0.2, -0.15) is 0 Å². The Hall–Kier alpha value is -1.14. The number of nitrogens with one attached hydrogen (secondary N) is 1. The van der Waals surface area contributed by atoms with Gasteiger partial charge in [-0.3, -0.25) is 9.59 Å². The number of hydrogen-bond donors (Lipinski definition) is 1. The molecule has 6 heteroatoms. The molecule has 0 spiro atoms. The van der Waals surface area contributed by atoms with Crippen LogP contribution >= 0.6 is 0 Å². The maximum Gasteiger partial charge on any atom is 0.242 e. The van der Waals surface area contributed by atoms with Gasteiger partial charge in [-0.1, -0.05) is 0 Å². The van der Waals surface area contributed by atoms with E-state index in [2.05, 4.69) is 5.32 Å². The third-order valence-corrected chi connectivity index (χ3v) is 3.95. The minimum Gasteiger partial charge on any atom is -0.376 e. The molecule has 3 rings (SSSR count). The molecule has 0 aromatic carbocycles. The molecule has 18 heavy (non-hydrogen) atoms. The molecule has 0 aromatic rings. The van der Waals surface area contributed by atoms with Gasteiger partial charge in [0.15, 0.2) is 0 Å². The zero-order chi connectivity index (χ0) is 12.5. The Labute approximate surface area is 106 Å². The van der Waals surface area contributed by atoms with Crippen molar-refractivity contribution in [3.05, 3.63) is 0 Å². The number of hydrogen-bond acceptors (Lipinski definition) is 4. The van der Waals surface area contributed by atoms with E-state index < -0.39 is 0 Å². The number of piperazine rings is 2.